The van der Waals surface area contributed by atoms with Gasteiger partial charge in [-0.2, -0.15) is 13.2 Å². The molecule has 1 rings (SSSR count). The van der Waals surface area contributed by atoms with E-state index in [0.717, 1.165) is 6.07 Å². The van der Waals surface area contributed by atoms with Gasteiger partial charge in [-0.15, -0.1) is 0 Å². The fourth-order valence-electron chi connectivity index (χ4n) is 1.09. The van der Waals surface area contributed by atoms with Crippen molar-refractivity contribution >= 4 is 17.3 Å². The van der Waals surface area contributed by atoms with Gasteiger partial charge in [-0.3, -0.25) is 0 Å². The van der Waals surface area contributed by atoms with Gasteiger partial charge >= 0.3 is 6.18 Å². The molecule has 0 aliphatic heterocycles. The average molecular weight is 239 g/mol. The summed E-state index contributed by atoms with van der Waals surface area (Å²) < 4.78 is 37.6. The maximum Gasteiger partial charge on any atom is 0.418 e. The van der Waals surface area contributed by atoms with E-state index in [0.29, 0.717) is 0 Å². The third-order valence-corrected chi connectivity index (χ3v) is 1.98. The van der Waals surface area contributed by atoms with Crippen molar-refractivity contribution in [2.45, 2.75) is 6.18 Å². The van der Waals surface area contributed by atoms with Crippen LogP contribution in [0.25, 0.3) is 0 Å². The predicted molar refractivity (Wildman–Crippen MR) is 54.0 cm³/mol. The van der Waals surface area contributed by atoms with E-state index in [1.54, 1.807) is 7.05 Å². The van der Waals surface area contributed by atoms with Crippen LogP contribution in [0.2, 0.25) is 5.02 Å². The number of nitrogens with one attached hydrogen (secondary N) is 2. The Morgan fingerprint density at radius 2 is 2.00 bits per heavy atom. The van der Waals surface area contributed by atoms with Crippen LogP contribution in [0.5, 0.6) is 0 Å². The maximum absolute atomic E-state index is 12.5. The number of hydrogen-bond acceptors (Lipinski definition) is 2. The quantitative estimate of drug-likeness (QED) is 0.792. The molecule has 0 atom stereocenters. The SMILES string of the molecule is CNCNc1ccc(Cl)cc1C(F)(F)F. The second-order valence-electron chi connectivity index (χ2n) is 2.89. The highest BCUT2D eigenvalue weighted by atomic mass is 35.5. The molecule has 0 radical (unpaired) electrons. The van der Waals surface area contributed by atoms with Gasteiger partial charge in [-0.1, -0.05) is 11.6 Å². The molecule has 0 aliphatic carbocycles. The first kappa shape index (κ1) is 12.1. The summed E-state index contributed by atoms with van der Waals surface area (Å²) >= 11 is 5.51. The minimum absolute atomic E-state index is 0.0150. The highest BCUT2D eigenvalue weighted by Crippen LogP contribution is 2.36. The topological polar surface area (TPSA) is 24.1 Å². The largest absolute Gasteiger partial charge is 0.418 e. The lowest BCUT2D eigenvalue weighted by Crippen LogP contribution is -2.19. The zero-order valence-corrected chi connectivity index (χ0v) is 8.71. The number of anilines is 1. The fraction of sp³-hybridized carbons (Fsp3) is 0.333. The van der Waals surface area contributed by atoms with Gasteiger partial charge in [0.25, 0.3) is 0 Å². The van der Waals surface area contributed by atoms with E-state index in [4.69, 9.17) is 11.6 Å². The van der Waals surface area contributed by atoms with Gasteiger partial charge in [0.2, 0.25) is 0 Å². The molecule has 0 saturated heterocycles. The minimum atomic E-state index is -4.40. The van der Waals surface area contributed by atoms with E-state index in [2.05, 4.69) is 10.6 Å². The fourth-order valence-corrected chi connectivity index (χ4v) is 1.26. The molecule has 15 heavy (non-hydrogen) atoms. The molecule has 0 spiro atoms. The molecule has 0 amide bonds. The Bertz CT molecular complexity index is 339. The number of hydrogen-bond donors (Lipinski definition) is 2. The van der Waals surface area contributed by atoms with Crippen molar-refractivity contribution in [3.05, 3.63) is 28.8 Å². The third kappa shape index (κ3) is 3.28. The van der Waals surface area contributed by atoms with E-state index < -0.39 is 11.7 Å². The molecule has 0 saturated carbocycles. The zero-order valence-electron chi connectivity index (χ0n) is 7.95. The summed E-state index contributed by atoms with van der Waals surface area (Å²) in [4.78, 5) is 0. The third-order valence-electron chi connectivity index (χ3n) is 1.74. The Balaban J connectivity index is 3.04. The highest BCUT2D eigenvalue weighted by molar-refractivity contribution is 6.30. The molecule has 2 N–H and O–H groups in total. The second kappa shape index (κ2) is 4.72. The summed E-state index contributed by atoms with van der Waals surface area (Å²) in [6, 6.07) is 3.62. The molecule has 0 bridgehead atoms. The van der Waals surface area contributed by atoms with Crippen LogP contribution in [0.15, 0.2) is 18.2 Å². The average Bonchev–Trinajstić information content (AvgIpc) is 2.14. The standard InChI is InChI=1S/C9H10ClF3N2/c1-14-5-15-8-3-2-6(10)4-7(8)9(11,12)13/h2-4,14-15H,5H2,1H3. The summed E-state index contributed by atoms with van der Waals surface area (Å²) in [5.41, 5.74) is -0.744. The number of halogens is 4. The van der Waals surface area contributed by atoms with Crippen molar-refractivity contribution in [2.24, 2.45) is 0 Å². The molecular formula is C9H10ClF3N2. The number of benzene rings is 1. The van der Waals surface area contributed by atoms with Crippen LogP contribution in [-0.4, -0.2) is 13.7 Å². The monoisotopic (exact) mass is 238 g/mol. The van der Waals surface area contributed by atoms with Crippen molar-refractivity contribution in [3.63, 3.8) is 0 Å². The first-order chi connectivity index (χ1) is 6.95. The molecule has 2 nitrogen and oxygen atoms in total. The van der Waals surface area contributed by atoms with Crippen LogP contribution in [-0.2, 0) is 6.18 Å². The summed E-state index contributed by atoms with van der Waals surface area (Å²) in [6.45, 7) is 0.255. The molecule has 0 unspecified atom stereocenters. The number of alkyl halides is 3. The van der Waals surface area contributed by atoms with E-state index in [9.17, 15) is 13.2 Å². The van der Waals surface area contributed by atoms with E-state index >= 15 is 0 Å². The highest BCUT2D eigenvalue weighted by Gasteiger charge is 2.33. The summed E-state index contributed by atoms with van der Waals surface area (Å²) in [5, 5.41) is 5.37. The smallest absolute Gasteiger partial charge is 0.372 e. The molecule has 0 heterocycles. The number of rotatable bonds is 3. The van der Waals surface area contributed by atoms with E-state index in [-0.39, 0.29) is 17.4 Å². The van der Waals surface area contributed by atoms with Crippen molar-refractivity contribution in [1.29, 1.82) is 0 Å². The maximum atomic E-state index is 12.5. The lowest BCUT2D eigenvalue weighted by molar-refractivity contribution is -0.136. The van der Waals surface area contributed by atoms with Crippen LogP contribution in [0.1, 0.15) is 5.56 Å². The van der Waals surface area contributed by atoms with E-state index in [1.807, 2.05) is 0 Å². The van der Waals surface area contributed by atoms with Gasteiger partial charge in [0.05, 0.1) is 12.2 Å². The van der Waals surface area contributed by atoms with E-state index in [1.165, 1.54) is 12.1 Å². The molecule has 6 heteroatoms. The first-order valence-electron chi connectivity index (χ1n) is 4.20. The molecule has 84 valence electrons. The lowest BCUT2D eigenvalue weighted by atomic mass is 10.1. The van der Waals surface area contributed by atoms with Gasteiger partial charge in [-0.25, -0.2) is 0 Å². The molecular weight excluding hydrogens is 229 g/mol. The lowest BCUT2D eigenvalue weighted by Gasteiger charge is -2.14. The van der Waals surface area contributed by atoms with Crippen LogP contribution in [0.3, 0.4) is 0 Å². The Morgan fingerprint density at radius 3 is 2.53 bits per heavy atom. The van der Waals surface area contributed by atoms with Crippen LogP contribution >= 0.6 is 11.6 Å². The normalized spacial score (nSPS) is 11.5. The first-order valence-corrected chi connectivity index (χ1v) is 4.58. The Labute approximate surface area is 90.4 Å². The van der Waals surface area contributed by atoms with Gasteiger partial charge in [0, 0.05) is 10.7 Å². The van der Waals surface area contributed by atoms with Gasteiger partial charge in [0.15, 0.2) is 0 Å². The minimum Gasteiger partial charge on any atom is -0.372 e. The Morgan fingerprint density at radius 1 is 1.33 bits per heavy atom. The van der Waals surface area contributed by atoms with Crippen molar-refractivity contribution in [1.82, 2.24) is 5.32 Å². The van der Waals surface area contributed by atoms with Crippen LogP contribution < -0.4 is 10.6 Å². The second-order valence-corrected chi connectivity index (χ2v) is 3.33. The van der Waals surface area contributed by atoms with Gasteiger partial charge in [0.1, 0.15) is 0 Å². The van der Waals surface area contributed by atoms with Crippen molar-refractivity contribution in [2.75, 3.05) is 19.0 Å². The van der Waals surface area contributed by atoms with Crippen molar-refractivity contribution in [3.8, 4) is 0 Å². The molecule has 0 aromatic heterocycles. The van der Waals surface area contributed by atoms with Crippen LogP contribution in [0.4, 0.5) is 18.9 Å². The van der Waals surface area contributed by atoms with Crippen molar-refractivity contribution < 1.29 is 13.2 Å². The summed E-state index contributed by atoms with van der Waals surface area (Å²) in [5.74, 6) is 0. The summed E-state index contributed by atoms with van der Waals surface area (Å²) in [6.07, 6.45) is -4.40. The molecule has 0 fully saturated rings. The molecule has 1 aromatic rings. The van der Waals surface area contributed by atoms with Gasteiger partial charge in [-0.05, 0) is 25.2 Å². The zero-order chi connectivity index (χ0) is 11.5. The Hall–Kier alpha value is -0.940. The molecule has 1 aromatic carbocycles. The Kier molecular flexibility index (Phi) is 3.82. The predicted octanol–water partition coefficient (Wildman–Crippen LogP) is 2.95. The van der Waals surface area contributed by atoms with Crippen LogP contribution in [0, 0.1) is 0 Å². The summed E-state index contributed by atoms with van der Waals surface area (Å²) in [7, 11) is 1.64. The molecule has 0 aliphatic rings. The van der Waals surface area contributed by atoms with Gasteiger partial charge < -0.3 is 10.6 Å².